The molecular formula is C12H10F3N. The monoisotopic (exact) mass is 225 g/mol. The van der Waals surface area contributed by atoms with E-state index in [2.05, 4.69) is 4.98 Å². The van der Waals surface area contributed by atoms with Crippen LogP contribution in [-0.4, -0.2) is 11.2 Å². The number of benzene rings is 1. The van der Waals surface area contributed by atoms with Crippen LogP contribution < -0.4 is 0 Å². The summed E-state index contributed by atoms with van der Waals surface area (Å²) in [5, 5.41) is 0.800. The van der Waals surface area contributed by atoms with E-state index in [0.717, 1.165) is 10.9 Å². The molecule has 0 atom stereocenters. The molecule has 2 aromatic rings. The normalized spacial score (nSPS) is 11.9. The highest BCUT2D eigenvalue weighted by Gasteiger charge is 2.26. The number of aryl methyl sites for hydroxylation is 1. The SMILES string of the molecule is FC(F)(F)CCc1ccnc2ccccc12. The van der Waals surface area contributed by atoms with E-state index < -0.39 is 12.6 Å². The zero-order valence-electron chi connectivity index (χ0n) is 8.46. The molecule has 0 aliphatic carbocycles. The molecule has 1 aromatic heterocycles. The summed E-state index contributed by atoms with van der Waals surface area (Å²) in [5.74, 6) is 0. The van der Waals surface area contributed by atoms with Crippen molar-refractivity contribution in [2.45, 2.75) is 19.0 Å². The van der Waals surface area contributed by atoms with E-state index in [0.29, 0.717) is 5.56 Å². The fourth-order valence-corrected chi connectivity index (χ4v) is 1.65. The van der Waals surface area contributed by atoms with Gasteiger partial charge in [-0.3, -0.25) is 4.98 Å². The molecule has 0 saturated heterocycles. The van der Waals surface area contributed by atoms with Gasteiger partial charge in [0, 0.05) is 18.0 Å². The molecule has 1 heterocycles. The first-order valence-corrected chi connectivity index (χ1v) is 4.96. The average molecular weight is 225 g/mol. The minimum Gasteiger partial charge on any atom is -0.256 e. The molecule has 0 radical (unpaired) electrons. The van der Waals surface area contributed by atoms with E-state index in [1.54, 1.807) is 30.5 Å². The number of hydrogen-bond donors (Lipinski definition) is 0. The quantitative estimate of drug-likeness (QED) is 0.758. The molecule has 0 N–H and O–H groups in total. The number of fused-ring (bicyclic) bond motifs is 1. The van der Waals surface area contributed by atoms with Crippen LogP contribution in [0.15, 0.2) is 36.5 Å². The number of pyridine rings is 1. The summed E-state index contributed by atoms with van der Waals surface area (Å²) in [6, 6.07) is 8.87. The highest BCUT2D eigenvalue weighted by atomic mass is 19.4. The Kier molecular flexibility index (Phi) is 2.81. The van der Waals surface area contributed by atoms with E-state index in [9.17, 15) is 13.2 Å². The van der Waals surface area contributed by atoms with E-state index in [1.807, 2.05) is 6.07 Å². The molecule has 0 saturated carbocycles. The zero-order chi connectivity index (χ0) is 11.6. The Morgan fingerprint density at radius 3 is 2.56 bits per heavy atom. The largest absolute Gasteiger partial charge is 0.389 e. The van der Waals surface area contributed by atoms with Crippen molar-refractivity contribution in [2.24, 2.45) is 0 Å². The minimum atomic E-state index is -4.11. The van der Waals surface area contributed by atoms with Crippen LogP contribution in [0.4, 0.5) is 13.2 Å². The van der Waals surface area contributed by atoms with Gasteiger partial charge in [0.2, 0.25) is 0 Å². The van der Waals surface area contributed by atoms with Gasteiger partial charge in [0.1, 0.15) is 0 Å². The molecule has 0 bridgehead atoms. The van der Waals surface area contributed by atoms with Crippen LogP contribution in [0.2, 0.25) is 0 Å². The second-order valence-corrected chi connectivity index (χ2v) is 3.60. The Morgan fingerprint density at radius 2 is 1.81 bits per heavy atom. The first kappa shape index (κ1) is 10.9. The van der Waals surface area contributed by atoms with Crippen molar-refractivity contribution in [1.29, 1.82) is 0 Å². The van der Waals surface area contributed by atoms with Gasteiger partial charge in [-0.15, -0.1) is 0 Å². The lowest BCUT2D eigenvalue weighted by Crippen LogP contribution is -2.08. The van der Waals surface area contributed by atoms with Crippen molar-refractivity contribution in [3.63, 3.8) is 0 Å². The highest BCUT2D eigenvalue weighted by molar-refractivity contribution is 5.81. The third-order valence-electron chi connectivity index (χ3n) is 2.42. The number of nitrogens with zero attached hydrogens (tertiary/aromatic N) is 1. The Morgan fingerprint density at radius 1 is 1.06 bits per heavy atom. The molecule has 0 spiro atoms. The van der Waals surface area contributed by atoms with Crippen molar-refractivity contribution in [1.82, 2.24) is 4.98 Å². The van der Waals surface area contributed by atoms with Gasteiger partial charge >= 0.3 is 6.18 Å². The van der Waals surface area contributed by atoms with Crippen molar-refractivity contribution < 1.29 is 13.2 Å². The molecule has 0 unspecified atom stereocenters. The van der Waals surface area contributed by atoms with E-state index >= 15 is 0 Å². The van der Waals surface area contributed by atoms with Crippen molar-refractivity contribution in [3.05, 3.63) is 42.1 Å². The van der Waals surface area contributed by atoms with Gasteiger partial charge in [-0.1, -0.05) is 18.2 Å². The van der Waals surface area contributed by atoms with Gasteiger partial charge in [0.05, 0.1) is 5.52 Å². The smallest absolute Gasteiger partial charge is 0.256 e. The predicted molar refractivity (Wildman–Crippen MR) is 56.1 cm³/mol. The number of para-hydroxylation sites is 1. The molecule has 0 aliphatic heterocycles. The lowest BCUT2D eigenvalue weighted by atomic mass is 10.0. The van der Waals surface area contributed by atoms with E-state index in [4.69, 9.17) is 0 Å². The molecule has 0 fully saturated rings. The van der Waals surface area contributed by atoms with Gasteiger partial charge in [-0.05, 0) is 24.1 Å². The van der Waals surface area contributed by atoms with Gasteiger partial charge < -0.3 is 0 Å². The third kappa shape index (κ3) is 2.51. The molecule has 2 rings (SSSR count). The van der Waals surface area contributed by atoms with Crippen molar-refractivity contribution in [2.75, 3.05) is 0 Å². The van der Waals surface area contributed by atoms with E-state index in [1.165, 1.54) is 0 Å². The van der Waals surface area contributed by atoms with Crippen LogP contribution in [0.3, 0.4) is 0 Å². The number of alkyl halides is 3. The fourth-order valence-electron chi connectivity index (χ4n) is 1.65. The van der Waals surface area contributed by atoms with Crippen LogP contribution in [0.1, 0.15) is 12.0 Å². The van der Waals surface area contributed by atoms with Crippen LogP contribution in [0.25, 0.3) is 10.9 Å². The first-order valence-electron chi connectivity index (χ1n) is 4.96. The summed E-state index contributed by atoms with van der Waals surface area (Å²) < 4.78 is 36.4. The number of rotatable bonds is 2. The Bertz CT molecular complexity index is 486. The maximum Gasteiger partial charge on any atom is 0.389 e. The molecule has 4 heteroatoms. The lowest BCUT2D eigenvalue weighted by Gasteiger charge is -2.08. The summed E-state index contributed by atoms with van der Waals surface area (Å²) in [6.45, 7) is 0. The molecule has 0 aliphatic rings. The highest BCUT2D eigenvalue weighted by Crippen LogP contribution is 2.24. The summed E-state index contributed by atoms with van der Waals surface area (Å²) in [4.78, 5) is 4.11. The molecule has 1 aromatic carbocycles. The minimum absolute atomic E-state index is 0.00648. The maximum atomic E-state index is 12.1. The summed E-state index contributed by atoms with van der Waals surface area (Å²) in [5.41, 5.74) is 1.44. The van der Waals surface area contributed by atoms with Gasteiger partial charge in [0.15, 0.2) is 0 Å². The standard InChI is InChI=1S/C12H10F3N/c13-12(14,15)7-5-9-6-8-16-11-4-2-1-3-10(9)11/h1-4,6,8H,5,7H2. The molecule has 0 amide bonds. The molecule has 84 valence electrons. The molecule has 16 heavy (non-hydrogen) atoms. The zero-order valence-corrected chi connectivity index (χ0v) is 8.46. The number of halogens is 3. The van der Waals surface area contributed by atoms with Crippen LogP contribution in [-0.2, 0) is 6.42 Å². The summed E-state index contributed by atoms with van der Waals surface area (Å²) in [6.07, 6.45) is -3.34. The van der Waals surface area contributed by atoms with Crippen molar-refractivity contribution >= 4 is 10.9 Å². The van der Waals surface area contributed by atoms with Gasteiger partial charge in [-0.25, -0.2) is 0 Å². The molecular weight excluding hydrogens is 215 g/mol. The Labute approximate surface area is 90.9 Å². The fraction of sp³-hybridized carbons (Fsp3) is 0.250. The van der Waals surface area contributed by atoms with Crippen LogP contribution in [0, 0.1) is 0 Å². The van der Waals surface area contributed by atoms with Crippen molar-refractivity contribution in [3.8, 4) is 0 Å². The summed E-state index contributed by atoms with van der Waals surface area (Å²) >= 11 is 0. The number of hydrogen-bond acceptors (Lipinski definition) is 1. The average Bonchev–Trinajstić information content (AvgIpc) is 2.25. The number of aromatic nitrogens is 1. The predicted octanol–water partition coefficient (Wildman–Crippen LogP) is 3.73. The molecule has 1 nitrogen and oxygen atoms in total. The topological polar surface area (TPSA) is 12.9 Å². The maximum absolute atomic E-state index is 12.1. The Balaban J connectivity index is 2.30. The Hall–Kier alpha value is -1.58. The van der Waals surface area contributed by atoms with Crippen LogP contribution >= 0.6 is 0 Å². The van der Waals surface area contributed by atoms with Gasteiger partial charge in [0.25, 0.3) is 0 Å². The second-order valence-electron chi connectivity index (χ2n) is 3.60. The summed E-state index contributed by atoms with van der Waals surface area (Å²) in [7, 11) is 0. The van der Waals surface area contributed by atoms with Gasteiger partial charge in [-0.2, -0.15) is 13.2 Å². The first-order chi connectivity index (χ1) is 7.56. The third-order valence-corrected chi connectivity index (χ3v) is 2.42. The van der Waals surface area contributed by atoms with E-state index in [-0.39, 0.29) is 6.42 Å². The second kappa shape index (κ2) is 4.12. The van der Waals surface area contributed by atoms with Crippen LogP contribution in [0.5, 0.6) is 0 Å². The lowest BCUT2D eigenvalue weighted by molar-refractivity contribution is -0.133.